The van der Waals surface area contributed by atoms with Crippen LogP contribution in [0, 0.1) is 5.41 Å². The monoisotopic (exact) mass is 171 g/mol. The van der Waals surface area contributed by atoms with E-state index in [1.165, 1.54) is 5.57 Å². The van der Waals surface area contributed by atoms with Crippen molar-refractivity contribution in [2.75, 3.05) is 19.7 Å². The first-order valence-electron chi connectivity index (χ1n) is 4.44. The topological polar surface area (TPSA) is 32.3 Å². The molecule has 0 amide bonds. The van der Waals surface area contributed by atoms with Crippen LogP contribution in [0.2, 0.25) is 0 Å². The average Bonchev–Trinajstić information content (AvgIpc) is 1.98. The molecule has 0 saturated carbocycles. The summed E-state index contributed by atoms with van der Waals surface area (Å²) in [7, 11) is 0. The average molecular weight is 171 g/mol. The minimum absolute atomic E-state index is 0.00489. The van der Waals surface area contributed by atoms with Gasteiger partial charge in [-0.05, 0) is 19.9 Å². The van der Waals surface area contributed by atoms with Crippen LogP contribution in [-0.4, -0.2) is 24.8 Å². The van der Waals surface area contributed by atoms with E-state index in [2.05, 4.69) is 11.9 Å². The van der Waals surface area contributed by atoms with E-state index in [0.29, 0.717) is 0 Å². The van der Waals surface area contributed by atoms with Crippen LogP contribution >= 0.6 is 0 Å². The van der Waals surface area contributed by atoms with Crippen LogP contribution in [0.3, 0.4) is 0 Å². The number of nitrogens with one attached hydrogen (secondary N) is 1. The Kier molecular flexibility index (Phi) is 5.18. The number of rotatable bonds is 6. The molecule has 0 aromatic rings. The molecule has 2 nitrogen and oxygen atoms in total. The maximum absolute atomic E-state index is 8.94. The zero-order chi connectivity index (χ0) is 9.61. The smallest absolute Gasteiger partial charge is 0.0494 e. The molecule has 0 aromatic heterocycles. The summed E-state index contributed by atoms with van der Waals surface area (Å²) in [5.74, 6) is 0. The quantitative estimate of drug-likeness (QED) is 0.469. The lowest BCUT2D eigenvalue weighted by Gasteiger charge is -2.21. The fourth-order valence-corrected chi connectivity index (χ4v) is 0.784. The Bertz CT molecular complexity index is 141. The first kappa shape index (κ1) is 11.7. The van der Waals surface area contributed by atoms with Gasteiger partial charge in [0.1, 0.15) is 0 Å². The lowest BCUT2D eigenvalue weighted by Crippen LogP contribution is -2.32. The summed E-state index contributed by atoms with van der Waals surface area (Å²) in [4.78, 5) is 0. The van der Waals surface area contributed by atoms with E-state index in [-0.39, 0.29) is 12.0 Å². The molecule has 2 N–H and O–H groups in total. The second kappa shape index (κ2) is 5.33. The Morgan fingerprint density at radius 3 is 2.50 bits per heavy atom. The Morgan fingerprint density at radius 2 is 2.08 bits per heavy atom. The van der Waals surface area contributed by atoms with Crippen LogP contribution in [-0.2, 0) is 0 Å². The fraction of sp³-hybridized carbons (Fsp3) is 0.800. The molecule has 72 valence electrons. The highest BCUT2D eigenvalue weighted by atomic mass is 16.3. The molecule has 0 atom stereocenters. The normalized spacial score (nSPS) is 11.7. The lowest BCUT2D eigenvalue weighted by molar-refractivity contribution is 0.157. The zero-order valence-corrected chi connectivity index (χ0v) is 8.48. The maximum Gasteiger partial charge on any atom is 0.0494 e. The van der Waals surface area contributed by atoms with Crippen LogP contribution < -0.4 is 5.32 Å². The van der Waals surface area contributed by atoms with Gasteiger partial charge in [0.15, 0.2) is 0 Å². The van der Waals surface area contributed by atoms with Gasteiger partial charge in [0.2, 0.25) is 0 Å². The minimum atomic E-state index is -0.00489. The Hall–Kier alpha value is -0.340. The van der Waals surface area contributed by atoms with Crippen molar-refractivity contribution in [3.05, 3.63) is 12.2 Å². The molecule has 12 heavy (non-hydrogen) atoms. The van der Waals surface area contributed by atoms with Crippen molar-refractivity contribution in [1.29, 1.82) is 0 Å². The lowest BCUT2D eigenvalue weighted by atomic mass is 9.95. The van der Waals surface area contributed by atoms with Gasteiger partial charge in [-0.25, -0.2) is 0 Å². The molecule has 2 heteroatoms. The molecule has 0 fully saturated rings. The summed E-state index contributed by atoms with van der Waals surface area (Å²) in [6.45, 7) is 12.0. The second-order valence-electron chi connectivity index (χ2n) is 4.21. The third-order valence-corrected chi connectivity index (χ3v) is 1.76. The second-order valence-corrected chi connectivity index (χ2v) is 4.21. The summed E-state index contributed by atoms with van der Waals surface area (Å²) in [5, 5.41) is 12.2. The van der Waals surface area contributed by atoms with Crippen molar-refractivity contribution in [2.24, 2.45) is 5.41 Å². The molecule has 0 unspecified atom stereocenters. The van der Waals surface area contributed by atoms with E-state index in [4.69, 9.17) is 5.11 Å². The van der Waals surface area contributed by atoms with Crippen molar-refractivity contribution in [1.82, 2.24) is 5.32 Å². The fourth-order valence-electron chi connectivity index (χ4n) is 0.784. The van der Waals surface area contributed by atoms with Gasteiger partial charge in [-0.2, -0.15) is 0 Å². The molecule has 0 spiro atoms. The van der Waals surface area contributed by atoms with E-state index in [9.17, 15) is 0 Å². The van der Waals surface area contributed by atoms with E-state index < -0.39 is 0 Å². The molecule has 0 saturated heterocycles. The molecular weight excluding hydrogens is 150 g/mol. The summed E-state index contributed by atoms with van der Waals surface area (Å²) >= 11 is 0. The minimum Gasteiger partial charge on any atom is -0.396 e. The van der Waals surface area contributed by atoms with Crippen molar-refractivity contribution in [3.8, 4) is 0 Å². The van der Waals surface area contributed by atoms with E-state index in [1.807, 2.05) is 20.8 Å². The molecule has 0 radical (unpaired) electrons. The maximum atomic E-state index is 8.94. The molecule has 0 bridgehead atoms. The third kappa shape index (κ3) is 6.38. The van der Waals surface area contributed by atoms with Gasteiger partial charge in [0.25, 0.3) is 0 Å². The molecule has 0 aliphatic carbocycles. The molecule has 0 aliphatic heterocycles. The summed E-state index contributed by atoms with van der Waals surface area (Å²) < 4.78 is 0. The third-order valence-electron chi connectivity index (χ3n) is 1.76. The highest BCUT2D eigenvalue weighted by Gasteiger charge is 2.14. The van der Waals surface area contributed by atoms with E-state index in [1.54, 1.807) is 0 Å². The van der Waals surface area contributed by atoms with Crippen molar-refractivity contribution in [2.45, 2.75) is 27.2 Å². The van der Waals surface area contributed by atoms with Gasteiger partial charge in [-0.1, -0.05) is 19.4 Å². The van der Waals surface area contributed by atoms with Gasteiger partial charge in [-0.15, -0.1) is 6.58 Å². The van der Waals surface area contributed by atoms with Crippen LogP contribution in [0.15, 0.2) is 12.2 Å². The molecule has 0 rings (SSSR count). The number of hydrogen-bond donors (Lipinski definition) is 2. The number of aliphatic hydroxyl groups is 1. The SMILES string of the molecule is C=C(C)CCNCC(C)(C)CO. The Morgan fingerprint density at radius 1 is 1.50 bits per heavy atom. The first-order valence-corrected chi connectivity index (χ1v) is 4.44. The van der Waals surface area contributed by atoms with Gasteiger partial charge in [-0.3, -0.25) is 0 Å². The Balaban J connectivity index is 3.37. The standard InChI is InChI=1S/C10H21NO/c1-9(2)5-6-11-7-10(3,4)8-12/h11-12H,1,5-8H2,2-4H3. The number of hydrogen-bond acceptors (Lipinski definition) is 2. The zero-order valence-electron chi connectivity index (χ0n) is 8.48. The van der Waals surface area contributed by atoms with Crippen LogP contribution in [0.25, 0.3) is 0 Å². The summed E-state index contributed by atoms with van der Waals surface area (Å²) in [6.07, 6.45) is 1.02. The molecular formula is C10H21NO. The van der Waals surface area contributed by atoms with Gasteiger partial charge in [0, 0.05) is 18.6 Å². The first-order chi connectivity index (χ1) is 5.48. The van der Waals surface area contributed by atoms with Crippen LogP contribution in [0.5, 0.6) is 0 Å². The van der Waals surface area contributed by atoms with Gasteiger partial charge < -0.3 is 10.4 Å². The van der Waals surface area contributed by atoms with Crippen molar-refractivity contribution in [3.63, 3.8) is 0 Å². The van der Waals surface area contributed by atoms with Crippen molar-refractivity contribution < 1.29 is 5.11 Å². The summed E-state index contributed by atoms with van der Waals surface area (Å²) in [6, 6.07) is 0. The van der Waals surface area contributed by atoms with Crippen LogP contribution in [0.1, 0.15) is 27.2 Å². The summed E-state index contributed by atoms with van der Waals surface area (Å²) in [5.41, 5.74) is 1.19. The van der Waals surface area contributed by atoms with Crippen molar-refractivity contribution >= 4 is 0 Å². The Labute approximate surface area is 75.7 Å². The van der Waals surface area contributed by atoms with Gasteiger partial charge in [0.05, 0.1) is 0 Å². The predicted octanol–water partition coefficient (Wildman–Crippen LogP) is 1.56. The highest BCUT2D eigenvalue weighted by Crippen LogP contribution is 2.10. The largest absolute Gasteiger partial charge is 0.396 e. The van der Waals surface area contributed by atoms with Gasteiger partial charge >= 0.3 is 0 Å². The predicted molar refractivity (Wildman–Crippen MR) is 53.2 cm³/mol. The highest BCUT2D eigenvalue weighted by molar-refractivity contribution is 4.88. The van der Waals surface area contributed by atoms with Crippen LogP contribution in [0.4, 0.5) is 0 Å². The number of aliphatic hydroxyl groups excluding tert-OH is 1. The molecule has 0 aliphatic rings. The van der Waals surface area contributed by atoms with E-state index >= 15 is 0 Å². The van der Waals surface area contributed by atoms with E-state index in [0.717, 1.165) is 19.5 Å². The molecule has 0 aromatic carbocycles. The molecule has 0 heterocycles.